The summed E-state index contributed by atoms with van der Waals surface area (Å²) in [4.78, 5) is 72.2. The normalized spacial score (nSPS) is 15.5. The van der Waals surface area contributed by atoms with E-state index in [0.717, 1.165) is 27.8 Å². The lowest BCUT2D eigenvalue weighted by molar-refractivity contribution is 0.0695. The predicted octanol–water partition coefficient (Wildman–Crippen LogP) is 1.22. The number of nitrogens with zero attached hydrogens (tertiary/aromatic N) is 5. The number of anilines is 2. The number of aromatic carboxylic acids is 1. The van der Waals surface area contributed by atoms with Crippen LogP contribution in [0.1, 0.15) is 77.2 Å². The van der Waals surface area contributed by atoms with Crippen LogP contribution in [0.5, 0.6) is 0 Å². The van der Waals surface area contributed by atoms with Gasteiger partial charge in [-0.25, -0.2) is 9.78 Å². The number of aromatic nitrogens is 4. The summed E-state index contributed by atoms with van der Waals surface area (Å²) in [7, 11) is 0. The van der Waals surface area contributed by atoms with E-state index in [2.05, 4.69) is 25.7 Å². The van der Waals surface area contributed by atoms with E-state index in [1.54, 1.807) is 19.1 Å². The standard InChI is InChI=1S/C32H28N8O6/c1-15-19-6-7-22(21(19)5-4-20(15)31(45)46)37-30(44)24-11-23(38-32-35-14-36-40(24)32)29(43)34-12-16-2-3-17-8-9-39(13-18(17)10-16)26-25(33)27(41)28(26)42/h2-5,10-11,14,22H,6-9,12-13,33H2,1H3,(H,34,43)(H,37,44)(H,45,46)/t22-/m0/s1. The van der Waals surface area contributed by atoms with Gasteiger partial charge in [0.25, 0.3) is 28.4 Å². The smallest absolute Gasteiger partial charge is 0.335 e. The van der Waals surface area contributed by atoms with Gasteiger partial charge in [0.1, 0.15) is 29.1 Å². The van der Waals surface area contributed by atoms with Gasteiger partial charge >= 0.3 is 5.97 Å². The van der Waals surface area contributed by atoms with Crippen molar-refractivity contribution in [3.8, 4) is 0 Å². The number of benzene rings is 2. The van der Waals surface area contributed by atoms with E-state index in [0.29, 0.717) is 37.9 Å². The van der Waals surface area contributed by atoms with Gasteiger partial charge in [-0.3, -0.25) is 19.2 Å². The number of carbonyl (C=O) groups is 3. The highest BCUT2D eigenvalue weighted by molar-refractivity contribution is 5.98. The molecular formula is C32H28N8O6. The third-order valence-electron chi connectivity index (χ3n) is 8.92. The summed E-state index contributed by atoms with van der Waals surface area (Å²) < 4.78 is 1.26. The Morgan fingerprint density at radius 1 is 1.04 bits per heavy atom. The number of rotatable bonds is 7. The lowest BCUT2D eigenvalue weighted by atomic mass is 9.96. The summed E-state index contributed by atoms with van der Waals surface area (Å²) in [6, 6.07) is 10.1. The van der Waals surface area contributed by atoms with Gasteiger partial charge in [-0.15, -0.1) is 0 Å². The Morgan fingerprint density at radius 3 is 2.65 bits per heavy atom. The van der Waals surface area contributed by atoms with Gasteiger partial charge in [-0.1, -0.05) is 24.3 Å². The van der Waals surface area contributed by atoms with E-state index in [1.807, 2.05) is 23.1 Å². The SMILES string of the molecule is Cc1c(C(=O)O)ccc2c1CC[C@@H]2NC(=O)c1cc(C(=O)NCc2ccc3c(c2)CN(c2c(N)c(=O)c2=O)CC3)nc2ncnn12. The molecule has 3 heterocycles. The molecule has 1 aliphatic heterocycles. The second-order valence-electron chi connectivity index (χ2n) is 11.6. The third-order valence-corrected chi connectivity index (χ3v) is 8.92. The number of amides is 2. The number of nitrogens with one attached hydrogen (secondary N) is 2. The van der Waals surface area contributed by atoms with Crippen LogP contribution in [0.25, 0.3) is 5.78 Å². The highest BCUT2D eigenvalue weighted by atomic mass is 16.4. The topological polar surface area (TPSA) is 202 Å². The maximum atomic E-state index is 13.5. The first kappa shape index (κ1) is 28.8. The van der Waals surface area contributed by atoms with E-state index in [4.69, 9.17) is 5.73 Å². The molecule has 0 unspecified atom stereocenters. The molecule has 2 aromatic heterocycles. The van der Waals surface area contributed by atoms with Gasteiger partial charge in [0.2, 0.25) is 0 Å². The lowest BCUT2D eigenvalue weighted by Crippen LogP contribution is -2.44. The van der Waals surface area contributed by atoms with Gasteiger partial charge in [0.15, 0.2) is 0 Å². The van der Waals surface area contributed by atoms with Crippen molar-refractivity contribution < 1.29 is 19.5 Å². The van der Waals surface area contributed by atoms with Crippen LogP contribution in [0.4, 0.5) is 11.4 Å². The lowest BCUT2D eigenvalue weighted by Gasteiger charge is -2.32. The Balaban J connectivity index is 1.07. The molecule has 0 radical (unpaired) electrons. The van der Waals surface area contributed by atoms with Crippen LogP contribution in [0.15, 0.2) is 52.3 Å². The molecule has 232 valence electrons. The predicted molar refractivity (Wildman–Crippen MR) is 166 cm³/mol. The van der Waals surface area contributed by atoms with Crippen LogP contribution >= 0.6 is 0 Å². The molecule has 2 aliphatic rings. The number of carbonyl (C=O) groups excluding carboxylic acids is 2. The summed E-state index contributed by atoms with van der Waals surface area (Å²) in [6.07, 6.45) is 3.15. The Morgan fingerprint density at radius 2 is 1.87 bits per heavy atom. The van der Waals surface area contributed by atoms with Crippen molar-refractivity contribution in [1.82, 2.24) is 30.2 Å². The van der Waals surface area contributed by atoms with E-state index in [9.17, 15) is 29.1 Å². The minimum absolute atomic E-state index is 0.000418. The number of nitrogen functional groups attached to an aromatic ring is 1. The van der Waals surface area contributed by atoms with E-state index in [1.165, 1.54) is 16.9 Å². The Bertz CT molecular complexity index is 2180. The van der Waals surface area contributed by atoms with Gasteiger partial charge in [-0.2, -0.15) is 14.6 Å². The molecule has 14 heteroatoms. The molecule has 0 spiro atoms. The minimum Gasteiger partial charge on any atom is -0.478 e. The highest BCUT2D eigenvalue weighted by Gasteiger charge is 2.30. The Hall–Kier alpha value is -5.92. The zero-order chi connectivity index (χ0) is 32.3. The zero-order valence-corrected chi connectivity index (χ0v) is 24.7. The summed E-state index contributed by atoms with van der Waals surface area (Å²) in [5, 5.41) is 19.4. The molecule has 3 aromatic carbocycles. The monoisotopic (exact) mass is 620 g/mol. The summed E-state index contributed by atoms with van der Waals surface area (Å²) in [5.41, 5.74) is 10.5. The average molecular weight is 621 g/mol. The molecular weight excluding hydrogens is 592 g/mol. The first-order valence-corrected chi connectivity index (χ1v) is 14.7. The molecule has 5 aromatic rings. The van der Waals surface area contributed by atoms with Gasteiger partial charge < -0.3 is 26.4 Å². The van der Waals surface area contributed by atoms with Crippen LogP contribution < -0.4 is 32.1 Å². The number of hydrogen-bond acceptors (Lipinski definition) is 10. The molecule has 2 amide bonds. The van der Waals surface area contributed by atoms with Crippen LogP contribution in [0.3, 0.4) is 0 Å². The molecule has 46 heavy (non-hydrogen) atoms. The van der Waals surface area contributed by atoms with Crippen LogP contribution in [0.2, 0.25) is 0 Å². The molecule has 5 N–H and O–H groups in total. The Labute approximate surface area is 260 Å². The largest absolute Gasteiger partial charge is 0.478 e. The number of carboxylic acids is 1. The van der Waals surface area contributed by atoms with Crippen molar-refractivity contribution in [2.45, 2.75) is 45.3 Å². The second kappa shape index (κ2) is 10.9. The molecule has 14 nitrogen and oxygen atoms in total. The molecule has 0 bridgehead atoms. The fourth-order valence-electron chi connectivity index (χ4n) is 6.48. The summed E-state index contributed by atoms with van der Waals surface area (Å²) in [5.74, 6) is -1.91. The van der Waals surface area contributed by atoms with Crippen molar-refractivity contribution in [3.63, 3.8) is 0 Å². The molecule has 0 saturated heterocycles. The van der Waals surface area contributed by atoms with Crippen LogP contribution in [0, 0.1) is 6.92 Å². The summed E-state index contributed by atoms with van der Waals surface area (Å²) in [6.45, 7) is 2.93. The second-order valence-corrected chi connectivity index (χ2v) is 11.6. The molecule has 1 aliphatic carbocycles. The molecule has 0 fully saturated rings. The van der Waals surface area contributed by atoms with E-state index in [-0.39, 0.29) is 46.7 Å². The van der Waals surface area contributed by atoms with Crippen molar-refractivity contribution >= 4 is 34.9 Å². The number of nitrogens with two attached hydrogens (primary N) is 1. The van der Waals surface area contributed by atoms with Crippen LogP contribution in [-0.2, 0) is 25.9 Å². The van der Waals surface area contributed by atoms with Gasteiger partial charge in [0, 0.05) is 25.7 Å². The van der Waals surface area contributed by atoms with Gasteiger partial charge in [-0.05, 0) is 65.6 Å². The number of fused-ring (bicyclic) bond motifs is 3. The van der Waals surface area contributed by atoms with Gasteiger partial charge in [0.05, 0.1) is 11.6 Å². The maximum Gasteiger partial charge on any atom is 0.335 e. The highest BCUT2D eigenvalue weighted by Crippen LogP contribution is 2.35. The number of carboxylic acid groups (broad SMARTS) is 1. The van der Waals surface area contributed by atoms with Crippen molar-refractivity contribution in [2.75, 3.05) is 17.2 Å². The first-order valence-electron chi connectivity index (χ1n) is 14.7. The molecule has 1 atom stereocenters. The van der Waals surface area contributed by atoms with E-state index >= 15 is 0 Å². The average Bonchev–Trinajstić information content (AvgIpc) is 3.70. The zero-order valence-electron chi connectivity index (χ0n) is 24.7. The fourth-order valence-corrected chi connectivity index (χ4v) is 6.48. The molecule has 0 saturated carbocycles. The maximum absolute atomic E-state index is 13.5. The third kappa shape index (κ3) is 4.74. The molecule has 7 rings (SSSR count). The fraction of sp³-hybridized carbons (Fsp3) is 0.250. The quantitative estimate of drug-likeness (QED) is 0.191. The minimum atomic E-state index is -0.994. The van der Waals surface area contributed by atoms with E-state index < -0.39 is 28.6 Å². The Kier molecular flexibility index (Phi) is 6.84. The van der Waals surface area contributed by atoms with Crippen molar-refractivity contribution in [3.05, 3.63) is 114 Å². The summed E-state index contributed by atoms with van der Waals surface area (Å²) >= 11 is 0. The first-order chi connectivity index (χ1) is 22.1. The van der Waals surface area contributed by atoms with Crippen LogP contribution in [-0.4, -0.2) is 49.0 Å². The van der Waals surface area contributed by atoms with Crippen molar-refractivity contribution in [1.29, 1.82) is 0 Å². The van der Waals surface area contributed by atoms with Crippen molar-refractivity contribution in [2.24, 2.45) is 0 Å². The number of hydrogen-bond donors (Lipinski definition) is 4.